The number of fused-ring (bicyclic) bond motifs is 1. The third-order valence-electron chi connectivity index (χ3n) is 3.79. The topological polar surface area (TPSA) is 46.8 Å². The fourth-order valence-corrected chi connectivity index (χ4v) is 2.69. The molecule has 0 amide bonds. The van der Waals surface area contributed by atoms with Crippen molar-refractivity contribution in [3.8, 4) is 11.5 Å². The number of methoxy groups -OCH3 is 1. The number of para-hydroxylation sites is 1. The molecule has 0 aliphatic heterocycles. The van der Waals surface area contributed by atoms with Gasteiger partial charge in [-0.15, -0.1) is 0 Å². The number of ether oxygens (including phenoxy) is 1. The van der Waals surface area contributed by atoms with E-state index in [-0.39, 0.29) is 5.75 Å². The average Bonchev–Trinajstić information content (AvgIpc) is 2.80. The number of hydrogen-bond donors (Lipinski definition) is 1. The van der Waals surface area contributed by atoms with E-state index < -0.39 is 0 Å². The van der Waals surface area contributed by atoms with Gasteiger partial charge in [0.05, 0.1) is 24.0 Å². The molecule has 1 heterocycles. The summed E-state index contributed by atoms with van der Waals surface area (Å²) < 4.78 is 7.11. The first kappa shape index (κ1) is 14.2. The maximum Gasteiger partial charge on any atom is 0.150 e. The van der Waals surface area contributed by atoms with Gasteiger partial charge in [-0.3, -0.25) is 4.99 Å². The summed E-state index contributed by atoms with van der Waals surface area (Å²) in [5, 5.41) is 11.3. The molecular weight excluding hydrogens is 276 g/mol. The molecule has 0 aliphatic rings. The molecule has 0 fully saturated rings. The van der Waals surface area contributed by atoms with Crippen LogP contribution in [0.5, 0.6) is 11.5 Å². The van der Waals surface area contributed by atoms with Crippen LogP contribution in [0, 0.1) is 0 Å². The first-order chi connectivity index (χ1) is 10.6. The third-order valence-corrected chi connectivity index (χ3v) is 3.79. The van der Waals surface area contributed by atoms with Crippen molar-refractivity contribution in [2.24, 2.45) is 12.0 Å². The monoisotopic (exact) mass is 294 g/mol. The number of nitrogens with zero attached hydrogens (tertiary/aromatic N) is 2. The Morgan fingerprint density at radius 3 is 2.41 bits per heavy atom. The van der Waals surface area contributed by atoms with E-state index in [9.17, 15) is 5.11 Å². The Kier molecular flexibility index (Phi) is 3.59. The first-order valence-corrected chi connectivity index (χ1v) is 7.08. The van der Waals surface area contributed by atoms with Gasteiger partial charge in [0.15, 0.2) is 0 Å². The highest BCUT2D eigenvalue weighted by Crippen LogP contribution is 2.32. The molecule has 4 heteroatoms. The standard InChI is InChI=1S/C18H18N2O2/c1-12(19-13-8-10-14(22-3)11-9-13)17-18(21)15-6-4-5-7-16(15)20(17)2/h4-11,21H,1-3H3/b19-12+. The van der Waals surface area contributed by atoms with E-state index in [2.05, 4.69) is 4.99 Å². The molecule has 3 rings (SSSR count). The summed E-state index contributed by atoms with van der Waals surface area (Å²) in [5.41, 5.74) is 3.31. The van der Waals surface area contributed by atoms with Crippen LogP contribution in [-0.2, 0) is 7.05 Å². The maximum absolute atomic E-state index is 10.5. The zero-order chi connectivity index (χ0) is 15.7. The van der Waals surface area contributed by atoms with Gasteiger partial charge in [0, 0.05) is 12.4 Å². The molecule has 0 saturated carbocycles. The van der Waals surface area contributed by atoms with Gasteiger partial charge in [-0.05, 0) is 43.3 Å². The van der Waals surface area contributed by atoms with Crippen LogP contribution in [0.3, 0.4) is 0 Å². The number of aliphatic imine (C=N–C) groups is 1. The Morgan fingerprint density at radius 2 is 1.77 bits per heavy atom. The number of aromatic nitrogens is 1. The lowest BCUT2D eigenvalue weighted by molar-refractivity contribution is 0.415. The molecule has 0 unspecified atom stereocenters. The van der Waals surface area contributed by atoms with Crippen molar-refractivity contribution in [1.29, 1.82) is 0 Å². The van der Waals surface area contributed by atoms with Crippen LogP contribution in [0.25, 0.3) is 10.9 Å². The summed E-state index contributed by atoms with van der Waals surface area (Å²) in [6, 6.07) is 15.3. The number of benzene rings is 2. The normalized spacial score (nSPS) is 11.9. The van der Waals surface area contributed by atoms with E-state index in [1.807, 2.05) is 67.1 Å². The zero-order valence-corrected chi connectivity index (χ0v) is 12.9. The molecule has 2 aromatic carbocycles. The van der Waals surface area contributed by atoms with Crippen LogP contribution < -0.4 is 4.74 Å². The summed E-state index contributed by atoms with van der Waals surface area (Å²) in [5.74, 6) is 1.07. The van der Waals surface area contributed by atoms with E-state index in [4.69, 9.17) is 4.74 Å². The SMILES string of the molecule is COc1ccc(/N=C(\C)c2c(O)c3ccccc3n2C)cc1. The summed E-state index contributed by atoms with van der Waals surface area (Å²) >= 11 is 0. The van der Waals surface area contributed by atoms with Crippen molar-refractivity contribution in [3.05, 3.63) is 54.2 Å². The zero-order valence-electron chi connectivity index (χ0n) is 12.9. The maximum atomic E-state index is 10.5. The summed E-state index contributed by atoms with van der Waals surface area (Å²) in [7, 11) is 3.57. The third kappa shape index (κ3) is 2.33. The van der Waals surface area contributed by atoms with Gasteiger partial charge in [-0.1, -0.05) is 12.1 Å². The number of hydrogen-bond acceptors (Lipinski definition) is 3. The van der Waals surface area contributed by atoms with Gasteiger partial charge >= 0.3 is 0 Å². The van der Waals surface area contributed by atoms with E-state index >= 15 is 0 Å². The van der Waals surface area contributed by atoms with Crippen LogP contribution in [0.1, 0.15) is 12.6 Å². The van der Waals surface area contributed by atoms with Crippen LogP contribution in [0.15, 0.2) is 53.5 Å². The fourth-order valence-electron chi connectivity index (χ4n) is 2.69. The molecule has 0 bridgehead atoms. The lowest BCUT2D eigenvalue weighted by Crippen LogP contribution is -2.02. The molecule has 4 nitrogen and oxygen atoms in total. The predicted octanol–water partition coefficient (Wildman–Crippen LogP) is 4.03. The average molecular weight is 294 g/mol. The van der Waals surface area contributed by atoms with E-state index in [1.165, 1.54) is 0 Å². The molecule has 112 valence electrons. The van der Waals surface area contributed by atoms with Gasteiger partial charge in [-0.2, -0.15) is 0 Å². The predicted molar refractivity (Wildman–Crippen MR) is 89.4 cm³/mol. The fraction of sp³-hybridized carbons (Fsp3) is 0.167. The molecular formula is C18H18N2O2. The van der Waals surface area contributed by atoms with Crippen molar-refractivity contribution in [2.75, 3.05) is 7.11 Å². The highest BCUT2D eigenvalue weighted by Gasteiger charge is 2.16. The molecule has 0 radical (unpaired) electrons. The Bertz CT molecular complexity index is 806. The van der Waals surface area contributed by atoms with Crippen molar-refractivity contribution in [1.82, 2.24) is 4.57 Å². The lowest BCUT2D eigenvalue weighted by Gasteiger charge is -2.05. The number of aromatic hydroxyl groups is 1. The Balaban J connectivity index is 2.07. The van der Waals surface area contributed by atoms with Crippen molar-refractivity contribution in [3.63, 3.8) is 0 Å². The molecule has 1 aromatic heterocycles. The Morgan fingerprint density at radius 1 is 1.09 bits per heavy atom. The summed E-state index contributed by atoms with van der Waals surface area (Å²) in [6.45, 7) is 1.90. The molecule has 0 atom stereocenters. The molecule has 0 spiro atoms. The second kappa shape index (κ2) is 5.56. The smallest absolute Gasteiger partial charge is 0.150 e. The Labute approximate surface area is 129 Å². The van der Waals surface area contributed by atoms with Gasteiger partial charge < -0.3 is 14.4 Å². The molecule has 1 N–H and O–H groups in total. The summed E-state index contributed by atoms with van der Waals surface area (Å²) in [4.78, 5) is 4.60. The minimum Gasteiger partial charge on any atom is -0.505 e. The molecule has 0 saturated heterocycles. The quantitative estimate of drug-likeness (QED) is 0.741. The number of aryl methyl sites for hydroxylation is 1. The highest BCUT2D eigenvalue weighted by molar-refractivity contribution is 6.07. The van der Waals surface area contributed by atoms with Gasteiger partial charge in [0.2, 0.25) is 0 Å². The van der Waals surface area contributed by atoms with Crippen LogP contribution >= 0.6 is 0 Å². The first-order valence-electron chi connectivity index (χ1n) is 7.08. The molecule has 3 aromatic rings. The lowest BCUT2D eigenvalue weighted by atomic mass is 10.2. The summed E-state index contributed by atoms with van der Waals surface area (Å²) in [6.07, 6.45) is 0. The van der Waals surface area contributed by atoms with Crippen LogP contribution in [0.4, 0.5) is 5.69 Å². The molecule has 22 heavy (non-hydrogen) atoms. The second-order valence-corrected chi connectivity index (χ2v) is 5.17. The molecule has 0 aliphatic carbocycles. The van der Waals surface area contributed by atoms with Crippen molar-refractivity contribution < 1.29 is 9.84 Å². The number of rotatable bonds is 3. The van der Waals surface area contributed by atoms with Crippen LogP contribution in [0.2, 0.25) is 0 Å². The van der Waals surface area contributed by atoms with Gasteiger partial charge in [0.25, 0.3) is 0 Å². The minimum absolute atomic E-state index is 0.271. The van der Waals surface area contributed by atoms with E-state index in [0.29, 0.717) is 0 Å². The van der Waals surface area contributed by atoms with Gasteiger partial charge in [-0.25, -0.2) is 0 Å². The van der Waals surface area contributed by atoms with E-state index in [0.717, 1.165) is 33.7 Å². The minimum atomic E-state index is 0.271. The van der Waals surface area contributed by atoms with Crippen molar-refractivity contribution >= 4 is 22.3 Å². The van der Waals surface area contributed by atoms with Gasteiger partial charge in [0.1, 0.15) is 17.2 Å². The largest absolute Gasteiger partial charge is 0.505 e. The van der Waals surface area contributed by atoms with Crippen molar-refractivity contribution in [2.45, 2.75) is 6.92 Å². The van der Waals surface area contributed by atoms with E-state index in [1.54, 1.807) is 7.11 Å². The van der Waals surface area contributed by atoms with Crippen LogP contribution in [-0.4, -0.2) is 22.5 Å². The second-order valence-electron chi connectivity index (χ2n) is 5.17. The highest BCUT2D eigenvalue weighted by atomic mass is 16.5. The Hall–Kier alpha value is -2.75.